The fourth-order valence-corrected chi connectivity index (χ4v) is 1.45. The van der Waals surface area contributed by atoms with Gasteiger partial charge in [-0.25, -0.2) is 0 Å². The lowest BCUT2D eigenvalue weighted by molar-refractivity contribution is 0.596. The van der Waals surface area contributed by atoms with Gasteiger partial charge in [0.1, 0.15) is 23.7 Å². The molecule has 1 heterocycles. The third-order valence-electron chi connectivity index (χ3n) is 1.83. The van der Waals surface area contributed by atoms with Crippen LogP contribution in [0, 0.1) is 0 Å². The molecule has 0 N–H and O–H groups in total. The lowest BCUT2D eigenvalue weighted by atomic mass is 10.2. The van der Waals surface area contributed by atoms with Crippen molar-refractivity contribution in [2.45, 2.75) is 0 Å². The number of aromatic nitrogens is 1. The molecule has 72 valence electrons. The summed E-state index contributed by atoms with van der Waals surface area (Å²) in [5.41, 5.74) is 0.710. The number of nitrogens with zero attached hydrogens (tertiary/aromatic N) is 1. The molecule has 0 radical (unpaired) electrons. The van der Waals surface area contributed by atoms with Crippen LogP contribution in [-0.2, 0) is 0 Å². The zero-order valence-electron chi connectivity index (χ0n) is 6.91. The second kappa shape index (κ2) is 3.90. The number of halogens is 2. The Bertz CT molecular complexity index is 462. The fraction of sp³-hybridized carbons (Fsp3) is 0. The maximum atomic E-state index is 5.31. The number of rotatable bonds is 2. The summed E-state index contributed by atoms with van der Waals surface area (Å²) < 4.78 is 9.22. The highest BCUT2D eigenvalue weighted by atomic mass is 35.5. The highest BCUT2D eigenvalue weighted by Gasteiger charge is 2.06. The Balaban J connectivity index is 2.73. The molecular formula is C9H5Cl2NO2. The fourth-order valence-electron chi connectivity index (χ4n) is 1.23. The smallest absolute Gasteiger partial charge is 0.159 e. The Morgan fingerprint density at radius 3 is 2.71 bits per heavy atom. The highest BCUT2D eigenvalue weighted by Crippen LogP contribution is 2.30. The molecule has 3 nitrogen and oxygen atoms in total. The summed E-state index contributed by atoms with van der Waals surface area (Å²) in [6, 6.07) is 6.92. The number of fused-ring (bicyclic) bond motifs is 1. The van der Waals surface area contributed by atoms with Crippen LogP contribution < -0.4 is 8.58 Å². The van der Waals surface area contributed by atoms with Gasteiger partial charge in [-0.15, -0.1) is 0 Å². The lowest BCUT2D eigenvalue weighted by Crippen LogP contribution is -1.84. The van der Waals surface area contributed by atoms with E-state index in [0.717, 1.165) is 5.39 Å². The minimum atomic E-state index is 0.438. The van der Waals surface area contributed by atoms with Gasteiger partial charge < -0.3 is 8.58 Å². The highest BCUT2D eigenvalue weighted by molar-refractivity contribution is 6.11. The first-order valence-electron chi connectivity index (χ1n) is 3.81. The molecule has 0 aliphatic heterocycles. The van der Waals surface area contributed by atoms with E-state index in [-0.39, 0.29) is 0 Å². The second-order valence-electron chi connectivity index (χ2n) is 2.65. The molecule has 14 heavy (non-hydrogen) atoms. The Labute approximate surface area is 90.5 Å². The van der Waals surface area contributed by atoms with Crippen LogP contribution in [0.5, 0.6) is 11.5 Å². The summed E-state index contributed by atoms with van der Waals surface area (Å²) in [7, 11) is 0. The van der Waals surface area contributed by atoms with Crippen LogP contribution in [0.25, 0.3) is 10.9 Å². The second-order valence-corrected chi connectivity index (χ2v) is 2.95. The number of benzene rings is 1. The van der Waals surface area contributed by atoms with Crippen molar-refractivity contribution in [3.8, 4) is 11.5 Å². The average Bonchev–Trinajstić information content (AvgIpc) is 2.27. The largest absolute Gasteiger partial charge is 0.385 e. The Hall–Kier alpha value is -1.19. The molecule has 1 aromatic heterocycles. The minimum absolute atomic E-state index is 0.438. The molecule has 1 aromatic carbocycles. The molecule has 5 heteroatoms. The van der Waals surface area contributed by atoms with Gasteiger partial charge in [0.15, 0.2) is 11.5 Å². The van der Waals surface area contributed by atoms with Gasteiger partial charge in [-0.3, -0.25) is 4.98 Å². The molecule has 0 spiro atoms. The van der Waals surface area contributed by atoms with Gasteiger partial charge in [0.2, 0.25) is 0 Å². The van der Waals surface area contributed by atoms with Gasteiger partial charge >= 0.3 is 0 Å². The molecule has 2 aromatic rings. The van der Waals surface area contributed by atoms with E-state index in [1.807, 2.05) is 6.07 Å². The van der Waals surface area contributed by atoms with Crippen LogP contribution in [0.15, 0.2) is 30.5 Å². The van der Waals surface area contributed by atoms with Gasteiger partial charge in [-0.2, -0.15) is 0 Å². The molecular weight excluding hydrogens is 225 g/mol. The van der Waals surface area contributed by atoms with E-state index >= 15 is 0 Å². The molecule has 0 aliphatic rings. The van der Waals surface area contributed by atoms with E-state index in [1.165, 1.54) is 0 Å². The Morgan fingerprint density at radius 2 is 2.00 bits per heavy atom. The topological polar surface area (TPSA) is 31.4 Å². The van der Waals surface area contributed by atoms with E-state index in [2.05, 4.69) is 13.6 Å². The minimum Gasteiger partial charge on any atom is -0.385 e. The third-order valence-corrected chi connectivity index (χ3v) is 2.17. The van der Waals surface area contributed by atoms with Crippen molar-refractivity contribution in [3.63, 3.8) is 0 Å². The Kier molecular flexibility index (Phi) is 2.61. The zero-order chi connectivity index (χ0) is 9.97. The van der Waals surface area contributed by atoms with Crippen LogP contribution in [0.3, 0.4) is 0 Å². The zero-order valence-corrected chi connectivity index (χ0v) is 8.42. The van der Waals surface area contributed by atoms with Crippen molar-refractivity contribution >= 4 is 34.6 Å². The summed E-state index contributed by atoms with van der Waals surface area (Å²) >= 11 is 10.5. The standard InChI is InChI=1S/C9H5Cl2NO2/c10-13-6-4-8-7(2-1-3-12-8)9(5-6)14-11/h1-5H. The van der Waals surface area contributed by atoms with Crippen LogP contribution >= 0.6 is 23.7 Å². The maximum Gasteiger partial charge on any atom is 0.159 e. The van der Waals surface area contributed by atoms with E-state index in [0.29, 0.717) is 17.0 Å². The van der Waals surface area contributed by atoms with Crippen LogP contribution in [0.1, 0.15) is 0 Å². The molecule has 2 rings (SSSR count). The van der Waals surface area contributed by atoms with E-state index in [4.69, 9.17) is 23.7 Å². The predicted octanol–water partition coefficient (Wildman–Crippen LogP) is 3.30. The first kappa shape index (κ1) is 9.37. The molecule has 0 amide bonds. The van der Waals surface area contributed by atoms with Crippen molar-refractivity contribution in [2.24, 2.45) is 0 Å². The molecule has 0 saturated heterocycles. The van der Waals surface area contributed by atoms with E-state index < -0.39 is 0 Å². The van der Waals surface area contributed by atoms with Crippen molar-refractivity contribution in [1.29, 1.82) is 0 Å². The molecule has 0 saturated carbocycles. The molecule has 0 aliphatic carbocycles. The average molecular weight is 230 g/mol. The lowest BCUT2D eigenvalue weighted by Gasteiger charge is -2.03. The molecule has 0 unspecified atom stereocenters. The summed E-state index contributed by atoms with van der Waals surface area (Å²) in [5, 5.41) is 0.806. The van der Waals surface area contributed by atoms with E-state index in [9.17, 15) is 0 Å². The first-order valence-corrected chi connectivity index (χ1v) is 4.43. The predicted molar refractivity (Wildman–Crippen MR) is 54.7 cm³/mol. The van der Waals surface area contributed by atoms with Crippen molar-refractivity contribution in [3.05, 3.63) is 30.5 Å². The molecule has 0 bridgehead atoms. The monoisotopic (exact) mass is 229 g/mol. The quantitative estimate of drug-likeness (QED) is 0.792. The SMILES string of the molecule is ClOc1cc(OCl)c2cccnc2c1. The summed E-state index contributed by atoms with van der Waals surface area (Å²) in [5.74, 6) is 0.904. The van der Waals surface area contributed by atoms with E-state index in [1.54, 1.807) is 24.4 Å². The summed E-state index contributed by atoms with van der Waals surface area (Å²) in [4.78, 5) is 4.12. The van der Waals surface area contributed by atoms with Crippen molar-refractivity contribution < 1.29 is 8.58 Å². The number of pyridine rings is 1. The van der Waals surface area contributed by atoms with Gasteiger partial charge in [-0.1, -0.05) is 0 Å². The van der Waals surface area contributed by atoms with Crippen LogP contribution in [0.2, 0.25) is 0 Å². The van der Waals surface area contributed by atoms with Gasteiger partial charge in [0.05, 0.1) is 5.52 Å². The maximum absolute atomic E-state index is 5.31. The van der Waals surface area contributed by atoms with Gasteiger partial charge in [0, 0.05) is 23.7 Å². The van der Waals surface area contributed by atoms with Crippen molar-refractivity contribution in [2.75, 3.05) is 0 Å². The third kappa shape index (κ3) is 1.56. The number of hydrogen-bond acceptors (Lipinski definition) is 3. The molecule has 0 atom stereocenters. The van der Waals surface area contributed by atoms with Crippen LogP contribution in [-0.4, -0.2) is 4.98 Å². The normalized spacial score (nSPS) is 10.1. The van der Waals surface area contributed by atoms with Gasteiger partial charge in [0.25, 0.3) is 0 Å². The molecule has 0 fully saturated rings. The van der Waals surface area contributed by atoms with Crippen molar-refractivity contribution in [1.82, 2.24) is 4.98 Å². The summed E-state index contributed by atoms with van der Waals surface area (Å²) in [6.45, 7) is 0. The summed E-state index contributed by atoms with van der Waals surface area (Å²) in [6.07, 6.45) is 1.67. The van der Waals surface area contributed by atoms with Crippen LogP contribution in [0.4, 0.5) is 0 Å². The Morgan fingerprint density at radius 1 is 1.14 bits per heavy atom. The number of hydrogen-bond donors (Lipinski definition) is 0. The van der Waals surface area contributed by atoms with Gasteiger partial charge in [-0.05, 0) is 12.1 Å². The first-order chi connectivity index (χ1) is 6.85.